The lowest BCUT2D eigenvalue weighted by molar-refractivity contribution is -0.127. The van der Waals surface area contributed by atoms with Crippen molar-refractivity contribution >= 4 is 35.0 Å². The SMILES string of the molecule is CC(Oc1ccc(Cl)cc1Cl)C(=O)NCc1cccc(C(N)=O)c1. The third kappa shape index (κ3) is 4.88. The molecule has 24 heavy (non-hydrogen) atoms. The summed E-state index contributed by atoms with van der Waals surface area (Å²) in [6.45, 7) is 1.86. The molecule has 0 aliphatic rings. The van der Waals surface area contributed by atoms with E-state index in [2.05, 4.69) is 5.32 Å². The molecule has 126 valence electrons. The fraction of sp³-hybridized carbons (Fsp3) is 0.176. The number of nitrogens with two attached hydrogens (primary N) is 1. The molecule has 2 amide bonds. The van der Waals surface area contributed by atoms with E-state index in [1.807, 2.05) is 0 Å². The highest BCUT2D eigenvalue weighted by molar-refractivity contribution is 6.35. The lowest BCUT2D eigenvalue weighted by Crippen LogP contribution is -2.36. The Hall–Kier alpha value is -2.24. The number of benzene rings is 2. The number of carbonyl (C=O) groups is 2. The summed E-state index contributed by atoms with van der Waals surface area (Å²) in [4.78, 5) is 23.3. The highest BCUT2D eigenvalue weighted by Crippen LogP contribution is 2.28. The minimum absolute atomic E-state index is 0.252. The number of rotatable bonds is 6. The predicted molar refractivity (Wildman–Crippen MR) is 93.4 cm³/mol. The molecule has 0 heterocycles. The fourth-order valence-corrected chi connectivity index (χ4v) is 2.44. The van der Waals surface area contributed by atoms with E-state index < -0.39 is 12.0 Å². The number of primary amides is 1. The fourth-order valence-electron chi connectivity index (χ4n) is 1.98. The van der Waals surface area contributed by atoms with Crippen LogP contribution in [0.2, 0.25) is 10.0 Å². The van der Waals surface area contributed by atoms with E-state index in [1.165, 1.54) is 0 Å². The van der Waals surface area contributed by atoms with E-state index in [1.54, 1.807) is 49.4 Å². The van der Waals surface area contributed by atoms with Gasteiger partial charge >= 0.3 is 0 Å². The molecule has 2 aromatic carbocycles. The molecule has 1 unspecified atom stereocenters. The van der Waals surface area contributed by atoms with Gasteiger partial charge in [0.1, 0.15) is 5.75 Å². The Kier molecular flexibility index (Phi) is 6.06. The van der Waals surface area contributed by atoms with Crippen LogP contribution in [0.5, 0.6) is 5.75 Å². The zero-order chi connectivity index (χ0) is 17.7. The first-order valence-electron chi connectivity index (χ1n) is 7.15. The predicted octanol–water partition coefficient (Wildman–Crippen LogP) is 3.18. The van der Waals surface area contributed by atoms with Gasteiger partial charge in [0, 0.05) is 17.1 Å². The molecule has 0 saturated carbocycles. The normalized spacial score (nSPS) is 11.6. The second kappa shape index (κ2) is 8.04. The maximum Gasteiger partial charge on any atom is 0.261 e. The molecule has 2 aromatic rings. The van der Waals surface area contributed by atoms with E-state index in [9.17, 15) is 9.59 Å². The first kappa shape index (κ1) is 18.1. The number of hydrogen-bond donors (Lipinski definition) is 2. The Morgan fingerprint density at radius 1 is 1.21 bits per heavy atom. The van der Waals surface area contributed by atoms with Gasteiger partial charge < -0.3 is 15.8 Å². The Morgan fingerprint density at radius 3 is 2.62 bits per heavy atom. The van der Waals surface area contributed by atoms with Crippen LogP contribution in [0.25, 0.3) is 0 Å². The minimum Gasteiger partial charge on any atom is -0.479 e. The molecular weight excluding hydrogens is 351 g/mol. The van der Waals surface area contributed by atoms with Gasteiger partial charge in [-0.2, -0.15) is 0 Å². The van der Waals surface area contributed by atoms with E-state index in [0.717, 1.165) is 5.56 Å². The second-order valence-electron chi connectivity index (χ2n) is 5.12. The summed E-state index contributed by atoms with van der Waals surface area (Å²) in [5, 5.41) is 3.55. The van der Waals surface area contributed by atoms with Gasteiger partial charge in [-0.15, -0.1) is 0 Å². The van der Waals surface area contributed by atoms with E-state index in [4.69, 9.17) is 33.7 Å². The quantitative estimate of drug-likeness (QED) is 0.823. The minimum atomic E-state index is -0.747. The third-order valence-corrected chi connectivity index (χ3v) is 3.78. The third-order valence-electron chi connectivity index (χ3n) is 3.25. The van der Waals surface area contributed by atoms with Crippen molar-refractivity contribution < 1.29 is 14.3 Å². The Bertz CT molecular complexity index is 765. The van der Waals surface area contributed by atoms with Gasteiger partial charge in [-0.25, -0.2) is 0 Å². The maximum absolute atomic E-state index is 12.1. The summed E-state index contributed by atoms with van der Waals surface area (Å²) >= 11 is 11.8. The molecule has 0 spiro atoms. The summed E-state index contributed by atoms with van der Waals surface area (Å²) in [6.07, 6.45) is -0.747. The van der Waals surface area contributed by atoms with E-state index in [0.29, 0.717) is 21.4 Å². The zero-order valence-electron chi connectivity index (χ0n) is 12.9. The van der Waals surface area contributed by atoms with Crippen LogP contribution in [0.1, 0.15) is 22.8 Å². The van der Waals surface area contributed by atoms with Gasteiger partial charge in [0.25, 0.3) is 5.91 Å². The van der Waals surface area contributed by atoms with Gasteiger partial charge in [-0.1, -0.05) is 35.3 Å². The molecule has 0 aliphatic carbocycles. The van der Waals surface area contributed by atoms with Crippen LogP contribution in [-0.2, 0) is 11.3 Å². The van der Waals surface area contributed by atoms with Gasteiger partial charge in [0.15, 0.2) is 6.10 Å². The van der Waals surface area contributed by atoms with Crippen LogP contribution in [0.15, 0.2) is 42.5 Å². The topological polar surface area (TPSA) is 81.4 Å². The van der Waals surface area contributed by atoms with E-state index in [-0.39, 0.29) is 12.5 Å². The number of hydrogen-bond acceptors (Lipinski definition) is 3. The summed E-state index contributed by atoms with van der Waals surface area (Å²) in [5.41, 5.74) is 6.38. The number of halogens is 2. The molecule has 5 nitrogen and oxygen atoms in total. The molecule has 0 radical (unpaired) electrons. The molecule has 7 heteroatoms. The van der Waals surface area contributed by atoms with Gasteiger partial charge in [0.2, 0.25) is 5.91 Å². The molecule has 0 bridgehead atoms. The molecule has 3 N–H and O–H groups in total. The molecule has 1 atom stereocenters. The van der Waals surface area contributed by atoms with Gasteiger partial charge in [-0.05, 0) is 42.8 Å². The van der Waals surface area contributed by atoms with Crippen molar-refractivity contribution in [2.24, 2.45) is 5.73 Å². The molecule has 0 aromatic heterocycles. The van der Waals surface area contributed by atoms with Crippen LogP contribution in [0.3, 0.4) is 0 Å². The van der Waals surface area contributed by atoms with Crippen molar-refractivity contribution in [1.29, 1.82) is 0 Å². The number of ether oxygens (including phenoxy) is 1. The molecule has 0 aliphatic heterocycles. The number of amides is 2. The van der Waals surface area contributed by atoms with Crippen LogP contribution >= 0.6 is 23.2 Å². The summed E-state index contributed by atoms with van der Waals surface area (Å²) in [6, 6.07) is 11.5. The molecule has 2 rings (SSSR count). The Labute approximate surface area is 149 Å². The van der Waals surface area contributed by atoms with Crippen molar-refractivity contribution in [2.75, 3.05) is 0 Å². The van der Waals surface area contributed by atoms with Crippen LogP contribution in [0, 0.1) is 0 Å². The standard InChI is InChI=1S/C17H16Cl2N2O3/c1-10(24-15-6-5-13(18)8-14(15)19)17(23)21-9-11-3-2-4-12(7-11)16(20)22/h2-8,10H,9H2,1H3,(H2,20,22)(H,21,23). The lowest BCUT2D eigenvalue weighted by atomic mass is 10.1. The monoisotopic (exact) mass is 366 g/mol. The lowest BCUT2D eigenvalue weighted by Gasteiger charge is -2.16. The van der Waals surface area contributed by atoms with Crippen molar-refractivity contribution in [2.45, 2.75) is 19.6 Å². The second-order valence-corrected chi connectivity index (χ2v) is 5.96. The Morgan fingerprint density at radius 2 is 1.96 bits per heavy atom. The average Bonchev–Trinajstić information content (AvgIpc) is 2.55. The Balaban J connectivity index is 1.94. The average molecular weight is 367 g/mol. The molecular formula is C17H16Cl2N2O3. The van der Waals surface area contributed by atoms with Gasteiger partial charge in [-0.3, -0.25) is 9.59 Å². The summed E-state index contributed by atoms with van der Waals surface area (Å²) in [7, 11) is 0. The van der Waals surface area contributed by atoms with Crippen molar-refractivity contribution in [3.05, 3.63) is 63.6 Å². The maximum atomic E-state index is 12.1. The van der Waals surface area contributed by atoms with Crippen LogP contribution in [0.4, 0.5) is 0 Å². The van der Waals surface area contributed by atoms with Crippen LogP contribution < -0.4 is 15.8 Å². The van der Waals surface area contributed by atoms with Crippen molar-refractivity contribution in [1.82, 2.24) is 5.32 Å². The number of carbonyl (C=O) groups excluding carboxylic acids is 2. The van der Waals surface area contributed by atoms with E-state index >= 15 is 0 Å². The first-order chi connectivity index (χ1) is 11.4. The molecule has 0 fully saturated rings. The summed E-state index contributed by atoms with van der Waals surface area (Å²) in [5.74, 6) is -0.456. The van der Waals surface area contributed by atoms with Gasteiger partial charge in [0.05, 0.1) is 5.02 Å². The first-order valence-corrected chi connectivity index (χ1v) is 7.90. The van der Waals surface area contributed by atoms with Crippen molar-refractivity contribution in [3.8, 4) is 5.75 Å². The summed E-state index contributed by atoms with van der Waals surface area (Å²) < 4.78 is 5.54. The highest BCUT2D eigenvalue weighted by Gasteiger charge is 2.16. The number of nitrogens with one attached hydrogen (secondary N) is 1. The van der Waals surface area contributed by atoms with Crippen molar-refractivity contribution in [3.63, 3.8) is 0 Å². The zero-order valence-corrected chi connectivity index (χ0v) is 14.4. The van der Waals surface area contributed by atoms with Crippen LogP contribution in [-0.4, -0.2) is 17.9 Å². The molecule has 0 saturated heterocycles. The smallest absolute Gasteiger partial charge is 0.261 e. The highest BCUT2D eigenvalue weighted by atomic mass is 35.5. The largest absolute Gasteiger partial charge is 0.479 e.